The normalized spacial score (nSPS) is 32.5. The third-order valence-electron chi connectivity index (χ3n) is 4.57. The van der Waals surface area contributed by atoms with Crippen molar-refractivity contribution in [2.45, 2.75) is 37.5 Å². The van der Waals surface area contributed by atoms with Gasteiger partial charge in [0, 0.05) is 45.1 Å². The van der Waals surface area contributed by atoms with Crippen LogP contribution in [0.15, 0.2) is 0 Å². The molecule has 0 aromatic carbocycles. The van der Waals surface area contributed by atoms with E-state index in [1.165, 1.54) is 4.90 Å². The molecule has 0 aromatic heterocycles. The maximum absolute atomic E-state index is 12.5. The van der Waals surface area contributed by atoms with Gasteiger partial charge in [-0.25, -0.2) is 9.59 Å². The van der Waals surface area contributed by atoms with E-state index in [1.807, 2.05) is 0 Å². The Hall–Kier alpha value is -1.83. The van der Waals surface area contributed by atoms with E-state index in [0.29, 0.717) is 26.1 Å². The van der Waals surface area contributed by atoms with Gasteiger partial charge in [0.2, 0.25) is 5.91 Å². The molecule has 3 fully saturated rings. The Labute approximate surface area is 121 Å². The lowest BCUT2D eigenvalue weighted by Crippen LogP contribution is -2.57. The number of carbonyl (C=O) groups is 3. The number of β-amino-alcohol motifs (C(OH)–C–C–N with tert-alkyl or cyclic N) is 1. The minimum atomic E-state index is -1.09. The number of likely N-dealkylation sites (tertiary alicyclic amines) is 1. The first-order valence-corrected chi connectivity index (χ1v) is 7.23. The number of piperazine rings is 1. The summed E-state index contributed by atoms with van der Waals surface area (Å²) in [7, 11) is 0. The predicted molar refractivity (Wildman–Crippen MR) is 70.5 cm³/mol. The van der Waals surface area contributed by atoms with Crippen LogP contribution < -0.4 is 0 Å². The van der Waals surface area contributed by atoms with Crippen molar-refractivity contribution in [3.63, 3.8) is 0 Å². The molecule has 3 heterocycles. The second kappa shape index (κ2) is 5.18. The fourth-order valence-electron chi connectivity index (χ4n) is 3.48. The largest absolute Gasteiger partial charge is 0.480 e. The van der Waals surface area contributed by atoms with E-state index in [9.17, 15) is 19.5 Å². The molecule has 0 aliphatic carbocycles. The van der Waals surface area contributed by atoms with Gasteiger partial charge in [0.25, 0.3) is 0 Å². The number of carboxylic acid groups (broad SMARTS) is 1. The van der Waals surface area contributed by atoms with Crippen LogP contribution in [-0.4, -0.2) is 87.2 Å². The summed E-state index contributed by atoms with van der Waals surface area (Å²) < 4.78 is 0. The molecule has 0 radical (unpaired) electrons. The van der Waals surface area contributed by atoms with Crippen molar-refractivity contribution in [2.24, 2.45) is 0 Å². The zero-order valence-electron chi connectivity index (χ0n) is 11.6. The topological polar surface area (TPSA) is 101 Å². The SMILES string of the molecule is O=C(O)C1CC(O)CN1C(=O)N1CCN2C(=O)CCC2C1. The third-order valence-corrected chi connectivity index (χ3v) is 4.57. The van der Waals surface area contributed by atoms with Crippen LogP contribution in [0.2, 0.25) is 0 Å². The van der Waals surface area contributed by atoms with E-state index in [2.05, 4.69) is 0 Å². The molecule has 0 aromatic rings. The first kappa shape index (κ1) is 14.1. The van der Waals surface area contributed by atoms with Crippen LogP contribution in [0, 0.1) is 0 Å². The maximum Gasteiger partial charge on any atom is 0.326 e. The summed E-state index contributed by atoms with van der Waals surface area (Å²) in [6.07, 6.45) is 0.549. The highest BCUT2D eigenvalue weighted by Crippen LogP contribution is 2.25. The number of rotatable bonds is 1. The van der Waals surface area contributed by atoms with E-state index in [4.69, 9.17) is 5.11 Å². The molecule has 3 rings (SSSR count). The maximum atomic E-state index is 12.5. The van der Waals surface area contributed by atoms with Gasteiger partial charge < -0.3 is 24.9 Å². The molecule has 3 amide bonds. The molecular weight excluding hydrogens is 278 g/mol. The molecule has 3 saturated heterocycles. The van der Waals surface area contributed by atoms with Crippen LogP contribution in [0.1, 0.15) is 19.3 Å². The molecule has 0 saturated carbocycles. The summed E-state index contributed by atoms with van der Waals surface area (Å²) in [5.74, 6) is -0.957. The summed E-state index contributed by atoms with van der Waals surface area (Å²) in [6, 6.07) is -1.26. The quantitative estimate of drug-likeness (QED) is 0.642. The second-order valence-electron chi connectivity index (χ2n) is 5.90. The molecular formula is C13H19N3O5. The van der Waals surface area contributed by atoms with Crippen LogP contribution in [0.3, 0.4) is 0 Å². The number of carbonyl (C=O) groups excluding carboxylic acids is 2. The van der Waals surface area contributed by atoms with Crippen molar-refractivity contribution in [3.8, 4) is 0 Å². The lowest BCUT2D eigenvalue weighted by Gasteiger charge is -2.39. The summed E-state index contributed by atoms with van der Waals surface area (Å²) in [4.78, 5) is 40.0. The Morgan fingerprint density at radius 3 is 2.67 bits per heavy atom. The van der Waals surface area contributed by atoms with Crippen LogP contribution in [0.4, 0.5) is 4.79 Å². The molecule has 0 spiro atoms. The van der Waals surface area contributed by atoms with E-state index >= 15 is 0 Å². The first-order chi connectivity index (χ1) is 9.97. The highest BCUT2D eigenvalue weighted by Gasteiger charge is 2.43. The Balaban J connectivity index is 1.68. The minimum absolute atomic E-state index is 0.0472. The monoisotopic (exact) mass is 297 g/mol. The highest BCUT2D eigenvalue weighted by molar-refractivity contribution is 5.84. The van der Waals surface area contributed by atoms with Crippen LogP contribution in [-0.2, 0) is 9.59 Å². The van der Waals surface area contributed by atoms with Crippen LogP contribution in [0.5, 0.6) is 0 Å². The smallest absolute Gasteiger partial charge is 0.326 e. The van der Waals surface area contributed by atoms with Crippen molar-refractivity contribution >= 4 is 17.9 Å². The Kier molecular flexibility index (Phi) is 3.48. The van der Waals surface area contributed by atoms with Crippen LogP contribution in [0.25, 0.3) is 0 Å². The second-order valence-corrected chi connectivity index (χ2v) is 5.90. The third kappa shape index (κ3) is 2.44. The number of hydrogen-bond donors (Lipinski definition) is 2. The van der Waals surface area contributed by atoms with E-state index < -0.39 is 18.1 Å². The number of aliphatic carboxylic acids is 1. The van der Waals surface area contributed by atoms with Crippen molar-refractivity contribution in [3.05, 3.63) is 0 Å². The van der Waals surface area contributed by atoms with Gasteiger partial charge in [0.05, 0.1) is 6.10 Å². The summed E-state index contributed by atoms with van der Waals surface area (Å²) >= 11 is 0. The summed E-state index contributed by atoms with van der Waals surface area (Å²) in [6.45, 7) is 1.42. The molecule has 0 bridgehead atoms. The van der Waals surface area contributed by atoms with Gasteiger partial charge in [-0.2, -0.15) is 0 Å². The fourth-order valence-corrected chi connectivity index (χ4v) is 3.48. The number of amides is 3. The molecule has 21 heavy (non-hydrogen) atoms. The number of hydrogen-bond acceptors (Lipinski definition) is 4. The average molecular weight is 297 g/mol. The molecule has 2 N–H and O–H groups in total. The minimum Gasteiger partial charge on any atom is -0.480 e. The Bertz CT molecular complexity index is 482. The standard InChI is InChI=1S/C13H19N3O5/c17-9-5-10(12(19)20)16(7-9)13(21)14-3-4-15-8(6-14)1-2-11(15)18/h8-10,17H,1-7H2,(H,19,20). The number of urea groups is 1. The lowest BCUT2D eigenvalue weighted by atomic mass is 10.1. The van der Waals surface area contributed by atoms with E-state index in [1.54, 1.807) is 9.80 Å². The number of nitrogens with zero attached hydrogens (tertiary/aromatic N) is 3. The number of carboxylic acids is 1. The molecule has 116 valence electrons. The van der Waals surface area contributed by atoms with E-state index in [0.717, 1.165) is 6.42 Å². The van der Waals surface area contributed by atoms with Gasteiger partial charge >= 0.3 is 12.0 Å². The Morgan fingerprint density at radius 1 is 1.19 bits per heavy atom. The lowest BCUT2D eigenvalue weighted by molar-refractivity contribution is -0.141. The number of aliphatic hydroxyl groups excluding tert-OH is 1. The zero-order valence-corrected chi connectivity index (χ0v) is 11.6. The van der Waals surface area contributed by atoms with Crippen molar-refractivity contribution in [1.82, 2.24) is 14.7 Å². The fraction of sp³-hybridized carbons (Fsp3) is 0.769. The van der Waals surface area contributed by atoms with Gasteiger partial charge in [-0.05, 0) is 6.42 Å². The van der Waals surface area contributed by atoms with E-state index in [-0.39, 0.29) is 30.9 Å². The first-order valence-electron chi connectivity index (χ1n) is 7.23. The number of fused-ring (bicyclic) bond motifs is 1. The molecule has 3 aliphatic heterocycles. The zero-order chi connectivity index (χ0) is 15.1. The molecule has 3 atom stereocenters. The van der Waals surface area contributed by atoms with Gasteiger partial charge in [-0.3, -0.25) is 4.79 Å². The molecule has 8 nitrogen and oxygen atoms in total. The van der Waals surface area contributed by atoms with Gasteiger partial charge in [0.1, 0.15) is 6.04 Å². The molecule has 3 unspecified atom stereocenters. The van der Waals surface area contributed by atoms with Gasteiger partial charge in [-0.1, -0.05) is 0 Å². The summed E-state index contributed by atoms with van der Waals surface area (Å²) in [5, 5.41) is 18.8. The summed E-state index contributed by atoms with van der Waals surface area (Å²) in [5.41, 5.74) is 0. The van der Waals surface area contributed by atoms with Crippen molar-refractivity contribution in [2.75, 3.05) is 26.2 Å². The predicted octanol–water partition coefficient (Wildman–Crippen LogP) is -1.07. The van der Waals surface area contributed by atoms with Crippen LogP contribution >= 0.6 is 0 Å². The van der Waals surface area contributed by atoms with Gasteiger partial charge in [0.15, 0.2) is 0 Å². The number of aliphatic hydroxyl groups is 1. The molecule has 8 heteroatoms. The highest BCUT2D eigenvalue weighted by atomic mass is 16.4. The average Bonchev–Trinajstić information content (AvgIpc) is 3.01. The van der Waals surface area contributed by atoms with Crippen molar-refractivity contribution in [1.29, 1.82) is 0 Å². The van der Waals surface area contributed by atoms with Gasteiger partial charge in [-0.15, -0.1) is 0 Å². The Morgan fingerprint density at radius 2 is 1.95 bits per heavy atom. The van der Waals surface area contributed by atoms with Crippen molar-refractivity contribution < 1.29 is 24.6 Å². The molecule has 3 aliphatic rings.